The highest BCUT2D eigenvalue weighted by Crippen LogP contribution is 2.12. The van der Waals surface area contributed by atoms with Crippen molar-refractivity contribution in [3.05, 3.63) is 61.2 Å². The van der Waals surface area contributed by atoms with Gasteiger partial charge in [-0.3, -0.25) is 14.4 Å². The number of benzene rings is 1. The molecule has 0 saturated carbocycles. The van der Waals surface area contributed by atoms with Crippen LogP contribution in [-0.2, 0) is 30.5 Å². The molecule has 0 saturated heterocycles. The van der Waals surface area contributed by atoms with Crippen molar-refractivity contribution in [3.8, 4) is 0 Å². The number of ether oxygens (including phenoxy) is 2. The predicted octanol–water partition coefficient (Wildman–Crippen LogP) is 3.16. The summed E-state index contributed by atoms with van der Waals surface area (Å²) in [6.45, 7) is 9.28. The number of unbranched alkanes of at least 4 members (excludes halogenated alkanes) is 1. The second-order valence-corrected chi connectivity index (χ2v) is 9.28. The zero-order valence-corrected chi connectivity index (χ0v) is 22.9. The van der Waals surface area contributed by atoms with E-state index in [2.05, 4.69) is 29.1 Å². The van der Waals surface area contributed by atoms with Gasteiger partial charge in [0.2, 0.25) is 11.8 Å². The Balaban J connectivity index is 2.58. The van der Waals surface area contributed by atoms with Crippen LogP contribution in [0.15, 0.2) is 55.6 Å². The summed E-state index contributed by atoms with van der Waals surface area (Å²) in [5.41, 5.74) is 0.893. The molecule has 1 aromatic rings. The van der Waals surface area contributed by atoms with Crippen LogP contribution in [0, 0.1) is 5.92 Å². The molecule has 10 heteroatoms. The molecule has 1 aromatic carbocycles. The number of alkyl carbamates (subject to hydrolysis) is 1. The van der Waals surface area contributed by atoms with Gasteiger partial charge in [-0.1, -0.05) is 42.5 Å². The fourth-order valence-corrected chi connectivity index (χ4v) is 3.57. The topological polar surface area (TPSA) is 143 Å². The molecule has 3 amide bonds. The number of esters is 1. The number of nitrogens with one attached hydrogen (secondary N) is 3. The summed E-state index contributed by atoms with van der Waals surface area (Å²) >= 11 is 0. The summed E-state index contributed by atoms with van der Waals surface area (Å²) in [6, 6.07) is 8.47. The standard InChI is InChI=1S/C29H43N3O7/c1-4-6-16-27(35)38-21-25(32-28(36)24(12-5-2)18-26(34)31-22(3)19-33)15-10-11-17-30-29(37)39-20-23-13-8-7-9-14-23/h4-5,7-9,13-14,22,24-25,33H,1-2,6,10-12,15-21H2,3H3,(H,30,37)(H,31,34)(H,32,36)/t22-,24-,25+/m1/s1. The lowest BCUT2D eigenvalue weighted by atomic mass is 9.98. The summed E-state index contributed by atoms with van der Waals surface area (Å²) in [6.07, 6.45) is 5.34. The Hall–Kier alpha value is -3.66. The zero-order chi connectivity index (χ0) is 28.9. The molecule has 4 N–H and O–H groups in total. The molecule has 1 rings (SSSR count). The van der Waals surface area contributed by atoms with Crippen molar-refractivity contribution in [1.29, 1.82) is 0 Å². The van der Waals surface area contributed by atoms with Gasteiger partial charge in [0, 0.05) is 25.4 Å². The Kier molecular flexibility index (Phi) is 17.4. The van der Waals surface area contributed by atoms with Crippen LogP contribution in [0.25, 0.3) is 0 Å². The van der Waals surface area contributed by atoms with Gasteiger partial charge in [0.15, 0.2) is 0 Å². The lowest BCUT2D eigenvalue weighted by molar-refractivity contribution is -0.145. The first kappa shape index (κ1) is 33.4. The largest absolute Gasteiger partial charge is 0.463 e. The first-order valence-electron chi connectivity index (χ1n) is 13.3. The molecular formula is C29H43N3O7. The Labute approximate surface area is 231 Å². The van der Waals surface area contributed by atoms with E-state index in [1.165, 1.54) is 0 Å². The zero-order valence-electron chi connectivity index (χ0n) is 22.9. The van der Waals surface area contributed by atoms with E-state index in [1.54, 1.807) is 19.1 Å². The summed E-state index contributed by atoms with van der Waals surface area (Å²) < 4.78 is 10.5. The lowest BCUT2D eigenvalue weighted by Crippen LogP contribution is -2.44. The maximum Gasteiger partial charge on any atom is 0.407 e. The Morgan fingerprint density at radius 2 is 1.77 bits per heavy atom. The molecule has 0 aliphatic rings. The highest BCUT2D eigenvalue weighted by atomic mass is 16.5. The maximum absolute atomic E-state index is 13.0. The molecule has 0 heterocycles. The second-order valence-electron chi connectivity index (χ2n) is 9.28. The minimum atomic E-state index is -0.659. The molecule has 0 aromatic heterocycles. The molecule has 0 radical (unpaired) electrons. The van der Waals surface area contributed by atoms with E-state index in [1.807, 2.05) is 30.3 Å². The first-order chi connectivity index (χ1) is 18.8. The number of carbonyl (C=O) groups is 4. The summed E-state index contributed by atoms with van der Waals surface area (Å²) in [5.74, 6) is -1.75. The average Bonchev–Trinajstić information content (AvgIpc) is 2.93. The van der Waals surface area contributed by atoms with Gasteiger partial charge in [0.1, 0.15) is 13.2 Å². The van der Waals surface area contributed by atoms with E-state index in [0.717, 1.165) is 5.56 Å². The fraction of sp³-hybridized carbons (Fsp3) is 0.517. The van der Waals surface area contributed by atoms with Crippen molar-refractivity contribution < 1.29 is 33.8 Å². The van der Waals surface area contributed by atoms with Crippen molar-refractivity contribution in [3.63, 3.8) is 0 Å². The Morgan fingerprint density at radius 3 is 2.44 bits per heavy atom. The highest BCUT2D eigenvalue weighted by Gasteiger charge is 2.24. The molecule has 0 unspecified atom stereocenters. The number of aliphatic hydroxyl groups excluding tert-OH is 1. The average molecular weight is 546 g/mol. The van der Waals surface area contributed by atoms with Crippen LogP contribution in [0.2, 0.25) is 0 Å². The molecule has 0 fully saturated rings. The number of amides is 3. The third-order valence-electron chi connectivity index (χ3n) is 5.74. The van der Waals surface area contributed by atoms with E-state index in [9.17, 15) is 19.2 Å². The van der Waals surface area contributed by atoms with Gasteiger partial charge < -0.3 is 30.5 Å². The number of allylic oxidation sites excluding steroid dienone is 2. The molecule has 0 bridgehead atoms. The SMILES string of the molecule is C=CCCC(=O)OC[C@H](CCCCNC(=O)OCc1ccccc1)NC(=O)[C@H](CC=C)CC(=O)N[C@H](C)CO. The van der Waals surface area contributed by atoms with E-state index >= 15 is 0 Å². The first-order valence-corrected chi connectivity index (χ1v) is 13.3. The number of hydrogen-bond donors (Lipinski definition) is 4. The monoisotopic (exact) mass is 545 g/mol. The molecule has 3 atom stereocenters. The van der Waals surface area contributed by atoms with Crippen molar-refractivity contribution in [1.82, 2.24) is 16.0 Å². The summed E-state index contributed by atoms with van der Waals surface area (Å²) in [5, 5.41) is 17.4. The minimum absolute atomic E-state index is 0.0111. The van der Waals surface area contributed by atoms with Crippen molar-refractivity contribution in [2.24, 2.45) is 5.92 Å². The molecule has 39 heavy (non-hydrogen) atoms. The Morgan fingerprint density at radius 1 is 1.03 bits per heavy atom. The van der Waals surface area contributed by atoms with Gasteiger partial charge in [-0.15, -0.1) is 13.2 Å². The van der Waals surface area contributed by atoms with Crippen LogP contribution >= 0.6 is 0 Å². The van der Waals surface area contributed by atoms with Crippen LogP contribution in [0.3, 0.4) is 0 Å². The third kappa shape index (κ3) is 16.0. The molecule has 0 aliphatic heterocycles. The van der Waals surface area contributed by atoms with E-state index in [4.69, 9.17) is 14.6 Å². The van der Waals surface area contributed by atoms with Crippen LogP contribution in [0.4, 0.5) is 4.79 Å². The van der Waals surface area contributed by atoms with Crippen molar-refractivity contribution in [2.45, 2.75) is 70.6 Å². The molecule has 0 aliphatic carbocycles. The van der Waals surface area contributed by atoms with Crippen LogP contribution in [0.5, 0.6) is 0 Å². The molecular weight excluding hydrogens is 502 g/mol. The molecule has 216 valence electrons. The maximum atomic E-state index is 13.0. The smallest absolute Gasteiger partial charge is 0.407 e. The van der Waals surface area contributed by atoms with Crippen molar-refractivity contribution in [2.75, 3.05) is 19.8 Å². The third-order valence-corrected chi connectivity index (χ3v) is 5.74. The van der Waals surface area contributed by atoms with Crippen LogP contribution < -0.4 is 16.0 Å². The van der Waals surface area contributed by atoms with Gasteiger partial charge in [0.25, 0.3) is 0 Å². The van der Waals surface area contributed by atoms with E-state index < -0.39 is 30.1 Å². The van der Waals surface area contributed by atoms with Crippen LogP contribution in [0.1, 0.15) is 57.4 Å². The van der Waals surface area contributed by atoms with Gasteiger partial charge in [-0.05, 0) is 44.6 Å². The number of carbonyl (C=O) groups excluding carboxylic acids is 4. The molecule has 10 nitrogen and oxygen atoms in total. The normalized spacial score (nSPS) is 12.8. The van der Waals surface area contributed by atoms with Crippen molar-refractivity contribution >= 4 is 23.9 Å². The molecule has 0 spiro atoms. The summed E-state index contributed by atoms with van der Waals surface area (Å²) in [4.78, 5) is 49.2. The summed E-state index contributed by atoms with van der Waals surface area (Å²) in [7, 11) is 0. The van der Waals surface area contributed by atoms with E-state index in [-0.39, 0.29) is 50.9 Å². The van der Waals surface area contributed by atoms with Gasteiger partial charge in [0.05, 0.1) is 18.6 Å². The Bertz CT molecular complexity index is 907. The van der Waals surface area contributed by atoms with E-state index in [0.29, 0.717) is 32.2 Å². The quantitative estimate of drug-likeness (QED) is 0.112. The number of aliphatic hydroxyl groups is 1. The predicted molar refractivity (Wildman–Crippen MR) is 148 cm³/mol. The number of hydrogen-bond acceptors (Lipinski definition) is 7. The second kappa shape index (κ2) is 20.3. The highest BCUT2D eigenvalue weighted by molar-refractivity contribution is 5.86. The lowest BCUT2D eigenvalue weighted by Gasteiger charge is -2.23. The van der Waals surface area contributed by atoms with Crippen LogP contribution in [-0.4, -0.2) is 60.8 Å². The minimum Gasteiger partial charge on any atom is -0.463 e. The van der Waals surface area contributed by atoms with Gasteiger partial charge in [-0.25, -0.2) is 4.79 Å². The van der Waals surface area contributed by atoms with Gasteiger partial charge in [-0.2, -0.15) is 0 Å². The van der Waals surface area contributed by atoms with Gasteiger partial charge >= 0.3 is 12.1 Å². The fourth-order valence-electron chi connectivity index (χ4n) is 3.57. The number of rotatable bonds is 20.